The number of alkyl halides is 1. The van der Waals surface area contributed by atoms with E-state index in [1.807, 2.05) is 0 Å². The molecule has 4 nitrogen and oxygen atoms in total. The third kappa shape index (κ3) is 1.74. The largest absolute Gasteiger partial charge is 0.479 e. The van der Waals surface area contributed by atoms with E-state index in [2.05, 4.69) is 21.1 Å². The maximum absolute atomic E-state index is 10.2. The first-order chi connectivity index (χ1) is 4.06. The summed E-state index contributed by atoms with van der Waals surface area (Å²) < 4.78 is 0. The number of hydrogen-bond donors (Lipinski definition) is 1. The zero-order valence-electron chi connectivity index (χ0n) is 4.80. The molecule has 0 unspecified atom stereocenters. The molecule has 1 N–H and O–H groups in total. The number of nitroso groups, excluding NO2 is 1. The lowest BCUT2D eigenvalue weighted by Gasteiger charge is -2.09. The van der Waals surface area contributed by atoms with Crippen LogP contribution in [0.2, 0.25) is 0 Å². The van der Waals surface area contributed by atoms with Gasteiger partial charge in [-0.25, -0.2) is 4.79 Å². The van der Waals surface area contributed by atoms with E-state index in [1.165, 1.54) is 6.92 Å². The summed E-state index contributed by atoms with van der Waals surface area (Å²) in [6.07, 6.45) is 0. The van der Waals surface area contributed by atoms with Crippen molar-refractivity contribution in [2.75, 3.05) is 5.33 Å². The summed E-state index contributed by atoms with van der Waals surface area (Å²) >= 11 is 2.86. The van der Waals surface area contributed by atoms with Crippen molar-refractivity contribution in [1.29, 1.82) is 0 Å². The van der Waals surface area contributed by atoms with Gasteiger partial charge in [-0.1, -0.05) is 21.1 Å². The topological polar surface area (TPSA) is 66.7 Å². The summed E-state index contributed by atoms with van der Waals surface area (Å²) in [4.78, 5) is 20.0. The summed E-state index contributed by atoms with van der Waals surface area (Å²) in [5, 5.41) is 10.8. The first kappa shape index (κ1) is 8.55. The summed E-state index contributed by atoms with van der Waals surface area (Å²) in [6, 6.07) is 0. The molecular weight excluding hydrogens is 190 g/mol. The molecule has 0 aromatic carbocycles. The molecule has 1 atom stereocenters. The van der Waals surface area contributed by atoms with Crippen LogP contribution in [-0.2, 0) is 4.79 Å². The Labute approximate surface area is 60.4 Å². The number of hydrogen-bond acceptors (Lipinski definition) is 3. The van der Waals surface area contributed by atoms with Crippen LogP contribution in [0.4, 0.5) is 0 Å². The van der Waals surface area contributed by atoms with Crippen LogP contribution in [0.5, 0.6) is 0 Å². The second-order valence-corrected chi connectivity index (χ2v) is 2.36. The number of rotatable bonds is 3. The van der Waals surface area contributed by atoms with Crippen molar-refractivity contribution >= 4 is 21.9 Å². The van der Waals surface area contributed by atoms with E-state index in [9.17, 15) is 9.70 Å². The fourth-order valence-corrected chi connectivity index (χ4v) is 0.463. The Morgan fingerprint density at radius 2 is 2.33 bits per heavy atom. The van der Waals surface area contributed by atoms with Gasteiger partial charge < -0.3 is 5.11 Å². The monoisotopic (exact) mass is 195 g/mol. The molecule has 0 radical (unpaired) electrons. The van der Waals surface area contributed by atoms with Crippen molar-refractivity contribution in [3.8, 4) is 0 Å². The second kappa shape index (κ2) is 2.91. The quantitative estimate of drug-likeness (QED) is 0.540. The first-order valence-corrected chi connectivity index (χ1v) is 3.33. The number of carbonyl (C=O) groups is 1. The molecule has 5 heteroatoms. The van der Waals surface area contributed by atoms with Crippen LogP contribution in [-0.4, -0.2) is 21.9 Å². The summed E-state index contributed by atoms with van der Waals surface area (Å²) in [5.74, 6) is -1.21. The molecule has 0 rings (SSSR count). The normalized spacial score (nSPS) is 16.2. The minimum Gasteiger partial charge on any atom is -0.479 e. The average molecular weight is 196 g/mol. The molecular formula is C4H6BrNO3. The standard InChI is InChI=1S/C4H6BrNO3/c1-4(2-5,6-9)3(7)8/h2H2,1H3,(H,7,8)/t4-/m1/s1. The second-order valence-electron chi connectivity index (χ2n) is 1.80. The van der Waals surface area contributed by atoms with Crippen LogP contribution >= 0.6 is 15.9 Å². The predicted octanol–water partition coefficient (Wildman–Crippen LogP) is 0.991. The number of carboxylic acid groups (broad SMARTS) is 1. The fraction of sp³-hybridized carbons (Fsp3) is 0.750. The van der Waals surface area contributed by atoms with Gasteiger partial charge in [-0.15, -0.1) is 4.91 Å². The summed E-state index contributed by atoms with van der Waals surface area (Å²) in [6.45, 7) is 1.25. The van der Waals surface area contributed by atoms with Gasteiger partial charge in [-0.05, 0) is 6.92 Å². The Morgan fingerprint density at radius 3 is 2.33 bits per heavy atom. The van der Waals surface area contributed by atoms with Gasteiger partial charge in [-0.2, -0.15) is 0 Å². The molecule has 0 aliphatic rings. The molecule has 0 aliphatic carbocycles. The maximum Gasteiger partial charge on any atom is 0.335 e. The van der Waals surface area contributed by atoms with Gasteiger partial charge in [0.25, 0.3) is 0 Å². The third-order valence-corrected chi connectivity index (χ3v) is 2.01. The minimum absolute atomic E-state index is 0.0405. The number of nitrogens with zero attached hydrogens (tertiary/aromatic N) is 1. The Hall–Kier alpha value is -0.450. The SMILES string of the molecule is C[C@](CBr)(N=O)C(=O)O. The van der Waals surface area contributed by atoms with Crippen molar-refractivity contribution in [3.05, 3.63) is 4.91 Å². The molecule has 0 amide bonds. The van der Waals surface area contributed by atoms with E-state index < -0.39 is 11.5 Å². The van der Waals surface area contributed by atoms with Crippen molar-refractivity contribution in [2.45, 2.75) is 12.5 Å². The number of carboxylic acids is 1. The lowest BCUT2D eigenvalue weighted by Crippen LogP contribution is -2.34. The molecule has 0 aromatic rings. The van der Waals surface area contributed by atoms with Gasteiger partial charge in [0.15, 0.2) is 0 Å². The molecule has 0 saturated carbocycles. The summed E-state index contributed by atoms with van der Waals surface area (Å²) in [5.41, 5.74) is -1.51. The van der Waals surface area contributed by atoms with Crippen molar-refractivity contribution in [1.82, 2.24) is 0 Å². The molecule has 0 bridgehead atoms. The number of halogens is 1. The molecule has 0 spiro atoms. The average Bonchev–Trinajstić information content (AvgIpc) is 1.86. The van der Waals surface area contributed by atoms with E-state index in [4.69, 9.17) is 5.11 Å². The molecule has 0 aromatic heterocycles. The third-order valence-electron chi connectivity index (χ3n) is 0.922. The molecule has 0 aliphatic heterocycles. The Bertz CT molecular complexity index is 138. The van der Waals surface area contributed by atoms with E-state index in [0.29, 0.717) is 0 Å². The van der Waals surface area contributed by atoms with Crippen LogP contribution in [0.1, 0.15) is 6.92 Å². The minimum atomic E-state index is -1.51. The fourth-order valence-electron chi connectivity index (χ4n) is 0.121. The van der Waals surface area contributed by atoms with Gasteiger partial charge in [0.05, 0.1) is 0 Å². The molecule has 9 heavy (non-hydrogen) atoms. The molecule has 0 heterocycles. The molecule has 0 saturated heterocycles. The van der Waals surface area contributed by atoms with Gasteiger partial charge in [0, 0.05) is 5.33 Å². The summed E-state index contributed by atoms with van der Waals surface area (Å²) in [7, 11) is 0. The Morgan fingerprint density at radius 1 is 1.89 bits per heavy atom. The lowest BCUT2D eigenvalue weighted by molar-refractivity contribution is -0.141. The maximum atomic E-state index is 10.2. The van der Waals surface area contributed by atoms with Gasteiger partial charge in [-0.3, -0.25) is 0 Å². The van der Waals surface area contributed by atoms with Crippen molar-refractivity contribution in [2.24, 2.45) is 5.18 Å². The number of aliphatic carboxylic acids is 1. The Balaban J connectivity index is 4.27. The van der Waals surface area contributed by atoms with Crippen molar-refractivity contribution < 1.29 is 9.90 Å². The van der Waals surface area contributed by atoms with Crippen LogP contribution in [0.3, 0.4) is 0 Å². The smallest absolute Gasteiger partial charge is 0.335 e. The predicted molar refractivity (Wildman–Crippen MR) is 35.6 cm³/mol. The highest BCUT2D eigenvalue weighted by Gasteiger charge is 2.33. The van der Waals surface area contributed by atoms with E-state index >= 15 is 0 Å². The zero-order valence-corrected chi connectivity index (χ0v) is 6.38. The van der Waals surface area contributed by atoms with E-state index in [1.54, 1.807) is 0 Å². The first-order valence-electron chi connectivity index (χ1n) is 2.20. The van der Waals surface area contributed by atoms with Gasteiger partial charge in [0.1, 0.15) is 0 Å². The van der Waals surface area contributed by atoms with Crippen LogP contribution < -0.4 is 0 Å². The van der Waals surface area contributed by atoms with E-state index in [0.717, 1.165) is 0 Å². The van der Waals surface area contributed by atoms with Crippen LogP contribution in [0.25, 0.3) is 0 Å². The van der Waals surface area contributed by atoms with Crippen LogP contribution in [0, 0.1) is 4.91 Å². The van der Waals surface area contributed by atoms with Crippen LogP contribution in [0.15, 0.2) is 5.18 Å². The highest BCUT2D eigenvalue weighted by molar-refractivity contribution is 9.09. The lowest BCUT2D eigenvalue weighted by atomic mass is 10.1. The zero-order chi connectivity index (χ0) is 7.49. The Kier molecular flexibility index (Phi) is 2.76. The van der Waals surface area contributed by atoms with Crippen molar-refractivity contribution in [3.63, 3.8) is 0 Å². The highest BCUT2D eigenvalue weighted by atomic mass is 79.9. The highest BCUT2D eigenvalue weighted by Crippen LogP contribution is 2.12. The molecule has 0 fully saturated rings. The van der Waals surface area contributed by atoms with E-state index in [-0.39, 0.29) is 5.33 Å². The van der Waals surface area contributed by atoms with Gasteiger partial charge in [0.2, 0.25) is 5.54 Å². The van der Waals surface area contributed by atoms with Gasteiger partial charge >= 0.3 is 5.97 Å². The molecule has 52 valence electrons.